The summed E-state index contributed by atoms with van der Waals surface area (Å²) in [7, 11) is 0. The summed E-state index contributed by atoms with van der Waals surface area (Å²) in [6, 6.07) is 7.46. The molecule has 2 atom stereocenters. The molecule has 1 aromatic carbocycles. The van der Waals surface area contributed by atoms with Crippen molar-refractivity contribution in [1.82, 2.24) is 15.1 Å². The van der Waals surface area contributed by atoms with Gasteiger partial charge in [0.2, 0.25) is 5.91 Å². The molecule has 1 aliphatic carbocycles. The fourth-order valence-electron chi connectivity index (χ4n) is 3.90. The summed E-state index contributed by atoms with van der Waals surface area (Å²) in [5.74, 6) is 0.642. The third-order valence-electron chi connectivity index (χ3n) is 5.59. The van der Waals surface area contributed by atoms with E-state index in [1.165, 1.54) is 19.3 Å². The van der Waals surface area contributed by atoms with Gasteiger partial charge in [-0.2, -0.15) is 0 Å². The fraction of sp³-hybridized carbons (Fsp3) is 0.600. The Morgan fingerprint density at radius 1 is 1.12 bits per heavy atom. The van der Waals surface area contributed by atoms with Crippen LogP contribution in [0.3, 0.4) is 0 Å². The molecule has 142 valence electrons. The number of piperazine rings is 1. The second kappa shape index (κ2) is 8.87. The number of carbonyl (C=O) groups excluding carboxylic acids is 2. The molecule has 1 heterocycles. The van der Waals surface area contributed by atoms with E-state index in [0.29, 0.717) is 55.3 Å². The van der Waals surface area contributed by atoms with Crippen LogP contribution in [-0.2, 0) is 4.79 Å². The smallest absolute Gasteiger partial charge is 0.255 e. The summed E-state index contributed by atoms with van der Waals surface area (Å²) < 4.78 is 0. The number of amides is 2. The molecule has 1 aliphatic heterocycles. The molecule has 6 heteroatoms. The Morgan fingerprint density at radius 3 is 2.50 bits per heavy atom. The SMILES string of the molecule is C[C@H]1CCCC[C@H]1NC(=O)CN1CCN(C(=O)c2ccccc2Cl)CC1. The van der Waals surface area contributed by atoms with E-state index in [0.717, 1.165) is 6.42 Å². The van der Waals surface area contributed by atoms with Crippen LogP contribution in [0.2, 0.25) is 5.02 Å². The van der Waals surface area contributed by atoms with Crippen molar-refractivity contribution < 1.29 is 9.59 Å². The Kier molecular flexibility index (Phi) is 6.54. The summed E-state index contributed by atoms with van der Waals surface area (Å²) in [5, 5.41) is 3.69. The molecule has 0 spiro atoms. The van der Waals surface area contributed by atoms with Gasteiger partial charge >= 0.3 is 0 Å². The molecule has 1 N–H and O–H groups in total. The highest BCUT2D eigenvalue weighted by Gasteiger charge is 2.26. The molecule has 0 aromatic heterocycles. The van der Waals surface area contributed by atoms with Crippen LogP contribution in [0.25, 0.3) is 0 Å². The van der Waals surface area contributed by atoms with Gasteiger partial charge in [-0.3, -0.25) is 14.5 Å². The van der Waals surface area contributed by atoms with Gasteiger partial charge in [0, 0.05) is 32.2 Å². The number of rotatable bonds is 4. The van der Waals surface area contributed by atoms with Crippen molar-refractivity contribution in [3.8, 4) is 0 Å². The lowest BCUT2D eigenvalue weighted by Crippen LogP contribution is -2.52. The Balaban J connectivity index is 1.45. The van der Waals surface area contributed by atoms with E-state index in [2.05, 4.69) is 17.1 Å². The summed E-state index contributed by atoms with van der Waals surface area (Å²) in [6.07, 6.45) is 4.77. The zero-order valence-corrected chi connectivity index (χ0v) is 16.2. The molecule has 0 unspecified atom stereocenters. The normalized spacial score (nSPS) is 24.3. The Labute approximate surface area is 160 Å². The van der Waals surface area contributed by atoms with Gasteiger partial charge < -0.3 is 10.2 Å². The maximum atomic E-state index is 12.6. The Morgan fingerprint density at radius 2 is 1.81 bits per heavy atom. The minimum atomic E-state index is -0.0317. The molecule has 0 radical (unpaired) electrons. The molecular formula is C20H28ClN3O2. The van der Waals surface area contributed by atoms with Crippen molar-refractivity contribution in [2.75, 3.05) is 32.7 Å². The standard InChI is InChI=1S/C20H28ClN3O2/c1-15-6-2-5-9-18(15)22-19(25)14-23-10-12-24(13-11-23)20(26)16-7-3-4-8-17(16)21/h3-4,7-8,15,18H,2,5-6,9-14H2,1H3,(H,22,25)/t15-,18+/m0/s1. The molecule has 1 saturated heterocycles. The number of hydrogen-bond donors (Lipinski definition) is 1. The van der Waals surface area contributed by atoms with Gasteiger partial charge in [0.1, 0.15) is 0 Å². The molecule has 1 aromatic rings. The van der Waals surface area contributed by atoms with Crippen LogP contribution in [0.5, 0.6) is 0 Å². The van der Waals surface area contributed by atoms with E-state index >= 15 is 0 Å². The molecule has 3 rings (SSSR count). The highest BCUT2D eigenvalue weighted by atomic mass is 35.5. The van der Waals surface area contributed by atoms with Crippen molar-refractivity contribution in [3.63, 3.8) is 0 Å². The molecule has 2 fully saturated rings. The topological polar surface area (TPSA) is 52.7 Å². The first-order chi connectivity index (χ1) is 12.5. The molecule has 2 amide bonds. The predicted octanol–water partition coefficient (Wildman–Crippen LogP) is 2.79. The van der Waals surface area contributed by atoms with Crippen molar-refractivity contribution >= 4 is 23.4 Å². The maximum absolute atomic E-state index is 12.6. The third kappa shape index (κ3) is 4.77. The van der Waals surface area contributed by atoms with Gasteiger partial charge in [-0.05, 0) is 30.9 Å². The average molecular weight is 378 g/mol. The lowest BCUT2D eigenvalue weighted by atomic mass is 9.86. The van der Waals surface area contributed by atoms with E-state index < -0.39 is 0 Å². The summed E-state index contributed by atoms with van der Waals surface area (Å²) in [6.45, 7) is 5.31. The number of halogens is 1. The molecule has 2 aliphatic rings. The highest BCUT2D eigenvalue weighted by molar-refractivity contribution is 6.33. The van der Waals surface area contributed by atoms with Crippen LogP contribution in [0.1, 0.15) is 43.0 Å². The monoisotopic (exact) mass is 377 g/mol. The second-order valence-corrected chi connectivity index (χ2v) is 7.89. The minimum absolute atomic E-state index is 0.0317. The quantitative estimate of drug-likeness (QED) is 0.877. The lowest BCUT2D eigenvalue weighted by molar-refractivity contribution is -0.123. The average Bonchev–Trinajstić information content (AvgIpc) is 2.64. The Hall–Kier alpha value is -1.59. The van der Waals surface area contributed by atoms with E-state index in [-0.39, 0.29) is 11.8 Å². The van der Waals surface area contributed by atoms with E-state index in [4.69, 9.17) is 11.6 Å². The van der Waals surface area contributed by atoms with E-state index in [1.807, 2.05) is 17.0 Å². The van der Waals surface area contributed by atoms with Gasteiger partial charge in [0.25, 0.3) is 5.91 Å². The number of nitrogens with zero attached hydrogens (tertiary/aromatic N) is 2. The van der Waals surface area contributed by atoms with Crippen LogP contribution < -0.4 is 5.32 Å². The summed E-state index contributed by atoms with van der Waals surface area (Å²) in [5.41, 5.74) is 0.548. The van der Waals surface area contributed by atoms with Crippen molar-refractivity contribution in [2.24, 2.45) is 5.92 Å². The molecule has 0 bridgehead atoms. The van der Waals surface area contributed by atoms with Crippen molar-refractivity contribution in [2.45, 2.75) is 38.6 Å². The lowest BCUT2D eigenvalue weighted by Gasteiger charge is -2.35. The highest BCUT2D eigenvalue weighted by Crippen LogP contribution is 2.23. The first-order valence-electron chi connectivity index (χ1n) is 9.60. The second-order valence-electron chi connectivity index (χ2n) is 7.48. The first-order valence-corrected chi connectivity index (χ1v) is 9.98. The summed E-state index contributed by atoms with van der Waals surface area (Å²) >= 11 is 6.13. The minimum Gasteiger partial charge on any atom is -0.352 e. The Bertz CT molecular complexity index is 644. The van der Waals surface area contributed by atoms with Gasteiger partial charge in [0.15, 0.2) is 0 Å². The van der Waals surface area contributed by atoms with Crippen molar-refractivity contribution in [3.05, 3.63) is 34.9 Å². The van der Waals surface area contributed by atoms with Crippen LogP contribution in [-0.4, -0.2) is 60.4 Å². The van der Waals surface area contributed by atoms with Gasteiger partial charge in [-0.1, -0.05) is 43.5 Å². The number of nitrogens with one attached hydrogen (secondary N) is 1. The molecular weight excluding hydrogens is 350 g/mol. The maximum Gasteiger partial charge on any atom is 0.255 e. The number of carbonyl (C=O) groups is 2. The fourth-order valence-corrected chi connectivity index (χ4v) is 4.12. The van der Waals surface area contributed by atoms with Crippen LogP contribution >= 0.6 is 11.6 Å². The summed E-state index contributed by atoms with van der Waals surface area (Å²) in [4.78, 5) is 28.9. The molecule has 5 nitrogen and oxygen atoms in total. The largest absolute Gasteiger partial charge is 0.352 e. The van der Waals surface area contributed by atoms with E-state index in [9.17, 15) is 9.59 Å². The van der Waals surface area contributed by atoms with E-state index in [1.54, 1.807) is 12.1 Å². The van der Waals surface area contributed by atoms with Gasteiger partial charge in [-0.15, -0.1) is 0 Å². The zero-order valence-electron chi connectivity index (χ0n) is 15.4. The molecule has 26 heavy (non-hydrogen) atoms. The number of benzene rings is 1. The zero-order chi connectivity index (χ0) is 18.5. The van der Waals surface area contributed by atoms with Gasteiger partial charge in [0.05, 0.1) is 17.1 Å². The first kappa shape index (κ1) is 19.2. The van der Waals surface area contributed by atoms with Gasteiger partial charge in [-0.25, -0.2) is 0 Å². The van der Waals surface area contributed by atoms with Crippen molar-refractivity contribution in [1.29, 1.82) is 0 Å². The van der Waals surface area contributed by atoms with Crippen LogP contribution in [0.15, 0.2) is 24.3 Å². The number of hydrogen-bond acceptors (Lipinski definition) is 3. The van der Waals surface area contributed by atoms with Crippen LogP contribution in [0.4, 0.5) is 0 Å². The predicted molar refractivity (Wildman–Crippen MR) is 103 cm³/mol. The third-order valence-corrected chi connectivity index (χ3v) is 5.92. The molecule has 1 saturated carbocycles. The van der Waals surface area contributed by atoms with Crippen LogP contribution in [0, 0.1) is 5.92 Å².